The number of rotatable bonds is 4. The van der Waals surface area contributed by atoms with E-state index in [1.165, 1.54) is 0 Å². The topological polar surface area (TPSA) is 67.1 Å². The van der Waals surface area contributed by atoms with E-state index in [0.29, 0.717) is 6.04 Å². The molecule has 0 spiro atoms. The molecule has 3 aromatic rings. The van der Waals surface area contributed by atoms with Crippen LogP contribution in [0.4, 0.5) is 11.4 Å². The second-order valence-corrected chi connectivity index (χ2v) is 8.61. The Labute approximate surface area is 198 Å². The Hall–Kier alpha value is -4.03. The Kier molecular flexibility index (Phi) is 5.49. The monoisotopic (exact) mass is 446 g/mol. The van der Waals surface area contributed by atoms with Gasteiger partial charge in [0.15, 0.2) is 0 Å². The average Bonchev–Trinajstić information content (AvgIpc) is 2.89. The van der Waals surface area contributed by atoms with Gasteiger partial charge in [-0.1, -0.05) is 30.3 Å². The van der Waals surface area contributed by atoms with Crippen molar-refractivity contribution < 1.29 is 0 Å². The van der Waals surface area contributed by atoms with E-state index in [-0.39, 0.29) is 0 Å². The predicted octanol–water partition coefficient (Wildman–Crippen LogP) is 4.92. The molecule has 168 valence electrons. The minimum absolute atomic E-state index is 0.298. The first-order chi connectivity index (χ1) is 16.8. The van der Waals surface area contributed by atoms with Crippen molar-refractivity contribution in [3.8, 4) is 17.1 Å². The second kappa shape index (κ2) is 9.08. The lowest BCUT2D eigenvalue weighted by atomic mass is 10.1. The van der Waals surface area contributed by atoms with Crippen LogP contribution in [-0.4, -0.2) is 33.7 Å². The van der Waals surface area contributed by atoms with E-state index in [2.05, 4.69) is 74.8 Å². The van der Waals surface area contributed by atoms with E-state index in [0.717, 1.165) is 70.8 Å². The molecule has 3 heterocycles. The van der Waals surface area contributed by atoms with E-state index in [1.54, 1.807) is 6.20 Å². The summed E-state index contributed by atoms with van der Waals surface area (Å²) in [6.07, 6.45) is 5.69. The number of benzene rings is 3. The minimum Gasteiger partial charge on any atom is -0.352 e. The van der Waals surface area contributed by atoms with Gasteiger partial charge >= 0.3 is 0 Å². The van der Waals surface area contributed by atoms with Crippen molar-refractivity contribution in [2.75, 3.05) is 18.4 Å². The van der Waals surface area contributed by atoms with Gasteiger partial charge in [0.1, 0.15) is 0 Å². The number of fused-ring (bicyclic) bond motifs is 2. The second-order valence-electron chi connectivity index (χ2n) is 8.61. The van der Waals surface area contributed by atoms with Gasteiger partial charge in [0.05, 0.1) is 51.4 Å². The van der Waals surface area contributed by atoms with E-state index in [9.17, 15) is 0 Å². The Morgan fingerprint density at radius 2 is 1.74 bits per heavy atom. The summed E-state index contributed by atoms with van der Waals surface area (Å²) in [7, 11) is 0. The smallest absolute Gasteiger partial charge is 0.0900 e. The molecule has 0 unspecified atom stereocenters. The van der Waals surface area contributed by atoms with Crippen molar-refractivity contribution in [1.82, 2.24) is 19.9 Å². The highest BCUT2D eigenvalue weighted by Gasteiger charge is 2.18. The highest BCUT2D eigenvalue weighted by Crippen LogP contribution is 2.30. The van der Waals surface area contributed by atoms with Gasteiger partial charge in [0, 0.05) is 11.9 Å². The number of nitrogens with zero attached hydrogens (tertiary/aromatic N) is 4. The van der Waals surface area contributed by atoms with Crippen LogP contribution in [0, 0.1) is 0 Å². The third-order valence-corrected chi connectivity index (χ3v) is 6.28. The van der Waals surface area contributed by atoms with Gasteiger partial charge < -0.3 is 15.2 Å². The SMILES string of the molecule is c1ccc(-n2c3cc(=NC4CCNCC4)c(Nc4cccnc4)cc-3nc3ccccc32)cc1. The molecule has 2 aromatic carbocycles. The summed E-state index contributed by atoms with van der Waals surface area (Å²) in [5.74, 6) is 0. The maximum atomic E-state index is 5.22. The zero-order valence-electron chi connectivity index (χ0n) is 18.9. The number of hydrogen-bond donors (Lipinski definition) is 2. The Morgan fingerprint density at radius 1 is 0.912 bits per heavy atom. The number of para-hydroxylation sites is 3. The van der Waals surface area contributed by atoms with Crippen molar-refractivity contribution in [3.05, 3.63) is 96.6 Å². The summed E-state index contributed by atoms with van der Waals surface area (Å²) >= 11 is 0. The Bertz CT molecular complexity index is 1450. The summed E-state index contributed by atoms with van der Waals surface area (Å²) in [5, 5.41) is 7.93. The average molecular weight is 447 g/mol. The minimum atomic E-state index is 0.298. The van der Waals surface area contributed by atoms with Gasteiger partial charge in [-0.25, -0.2) is 4.98 Å². The normalized spacial score (nSPS) is 15.1. The molecule has 1 aromatic heterocycles. The van der Waals surface area contributed by atoms with Crippen LogP contribution in [0.15, 0.2) is 96.2 Å². The first-order valence-electron chi connectivity index (χ1n) is 11.8. The molecule has 0 radical (unpaired) electrons. The number of anilines is 2. The van der Waals surface area contributed by atoms with Crippen LogP contribution in [0.5, 0.6) is 0 Å². The van der Waals surface area contributed by atoms with Crippen molar-refractivity contribution in [2.24, 2.45) is 4.99 Å². The molecular formula is C28H26N6. The van der Waals surface area contributed by atoms with Crippen molar-refractivity contribution in [3.63, 3.8) is 0 Å². The lowest BCUT2D eigenvalue weighted by Crippen LogP contribution is -2.31. The maximum absolute atomic E-state index is 5.22. The molecule has 6 heteroatoms. The Morgan fingerprint density at radius 3 is 2.56 bits per heavy atom. The van der Waals surface area contributed by atoms with E-state index in [4.69, 9.17) is 9.98 Å². The third-order valence-electron chi connectivity index (χ3n) is 6.28. The molecule has 34 heavy (non-hydrogen) atoms. The lowest BCUT2D eigenvalue weighted by Gasteiger charge is -2.22. The number of piperidine rings is 1. The summed E-state index contributed by atoms with van der Waals surface area (Å²) in [6.45, 7) is 2.01. The van der Waals surface area contributed by atoms with Gasteiger partial charge in [-0.2, -0.15) is 0 Å². The summed E-state index contributed by atoms with van der Waals surface area (Å²) in [6, 6.07) is 27.3. The van der Waals surface area contributed by atoms with Crippen LogP contribution in [-0.2, 0) is 0 Å². The third kappa shape index (κ3) is 4.04. The van der Waals surface area contributed by atoms with Gasteiger partial charge in [0.2, 0.25) is 0 Å². The number of nitrogens with one attached hydrogen (secondary N) is 2. The summed E-state index contributed by atoms with van der Waals surface area (Å²) in [4.78, 5) is 14.5. The van der Waals surface area contributed by atoms with Crippen LogP contribution >= 0.6 is 0 Å². The zero-order valence-corrected chi connectivity index (χ0v) is 18.9. The summed E-state index contributed by atoms with van der Waals surface area (Å²) < 4.78 is 2.28. The van der Waals surface area contributed by atoms with E-state index >= 15 is 0 Å². The molecule has 6 nitrogen and oxygen atoms in total. The van der Waals surface area contributed by atoms with Gasteiger partial charge in [0.25, 0.3) is 0 Å². The molecule has 1 aliphatic carbocycles. The van der Waals surface area contributed by atoms with Crippen LogP contribution in [0.3, 0.4) is 0 Å². The zero-order chi connectivity index (χ0) is 22.7. The largest absolute Gasteiger partial charge is 0.352 e. The maximum Gasteiger partial charge on any atom is 0.0900 e. The van der Waals surface area contributed by atoms with Gasteiger partial charge in [-0.05, 0) is 74.5 Å². The van der Waals surface area contributed by atoms with Crippen LogP contribution in [0.25, 0.3) is 28.1 Å². The van der Waals surface area contributed by atoms with Crippen molar-refractivity contribution >= 4 is 22.4 Å². The molecule has 2 aliphatic heterocycles. The molecule has 3 aliphatic rings. The molecule has 2 N–H and O–H groups in total. The molecular weight excluding hydrogens is 420 g/mol. The molecule has 0 bridgehead atoms. The molecule has 0 atom stereocenters. The molecule has 6 rings (SSSR count). The predicted molar refractivity (Wildman–Crippen MR) is 137 cm³/mol. The highest BCUT2D eigenvalue weighted by molar-refractivity contribution is 5.84. The fraction of sp³-hybridized carbons (Fsp3) is 0.179. The fourth-order valence-electron chi connectivity index (χ4n) is 4.63. The first kappa shape index (κ1) is 20.6. The van der Waals surface area contributed by atoms with E-state index < -0.39 is 0 Å². The van der Waals surface area contributed by atoms with Crippen LogP contribution in [0.1, 0.15) is 12.8 Å². The summed E-state index contributed by atoms with van der Waals surface area (Å²) in [5.41, 5.74) is 6.96. The van der Waals surface area contributed by atoms with E-state index in [1.807, 2.05) is 30.5 Å². The van der Waals surface area contributed by atoms with Crippen LogP contribution in [0.2, 0.25) is 0 Å². The molecule has 1 saturated heterocycles. The van der Waals surface area contributed by atoms with Gasteiger partial charge in [-0.15, -0.1) is 0 Å². The Balaban J connectivity index is 1.63. The van der Waals surface area contributed by atoms with Crippen molar-refractivity contribution in [2.45, 2.75) is 18.9 Å². The number of pyridine rings is 1. The van der Waals surface area contributed by atoms with Crippen molar-refractivity contribution in [1.29, 1.82) is 0 Å². The number of aromatic nitrogens is 3. The number of hydrogen-bond acceptors (Lipinski definition) is 5. The molecule has 0 saturated carbocycles. The lowest BCUT2D eigenvalue weighted by molar-refractivity contribution is 0.454. The highest BCUT2D eigenvalue weighted by atomic mass is 15.0. The van der Waals surface area contributed by atoms with Crippen LogP contribution < -0.4 is 16.0 Å². The molecule has 1 fully saturated rings. The quantitative estimate of drug-likeness (QED) is 0.385. The first-order valence-corrected chi connectivity index (χ1v) is 11.8. The standard InChI is InChI=1S/C28H26N6/c1-2-8-22(9-3-1)34-27-11-5-4-10-23(27)33-26-17-24(32-21-7-6-14-30-19-21)25(18-28(26)34)31-20-12-15-29-16-13-20/h1-11,14,17-20,29,32H,12-13,15-16H2. The fourth-order valence-corrected chi connectivity index (χ4v) is 4.63. The molecule has 0 amide bonds. The van der Waals surface area contributed by atoms with Gasteiger partial charge in [-0.3, -0.25) is 9.98 Å².